The van der Waals surface area contributed by atoms with Crippen LogP contribution in [0.5, 0.6) is 5.75 Å². The highest BCUT2D eigenvalue weighted by Crippen LogP contribution is 2.38. The van der Waals surface area contributed by atoms with Gasteiger partial charge in [-0.3, -0.25) is 9.69 Å². The normalized spacial score (nSPS) is 16.6. The molecule has 0 saturated carbocycles. The summed E-state index contributed by atoms with van der Waals surface area (Å²) in [6, 6.07) is 14.2. The average molecular weight is 444 g/mol. The van der Waals surface area contributed by atoms with Gasteiger partial charge in [0.2, 0.25) is 0 Å². The second kappa shape index (κ2) is 9.64. The first-order valence-corrected chi connectivity index (χ1v) is 11.6. The Hall–Kier alpha value is -2.35. The van der Waals surface area contributed by atoms with Crippen molar-refractivity contribution in [3.8, 4) is 16.9 Å². The molecule has 1 N–H and O–H groups in total. The summed E-state index contributed by atoms with van der Waals surface area (Å²) >= 11 is 3.09. The van der Waals surface area contributed by atoms with Gasteiger partial charge in [0, 0.05) is 11.4 Å². The number of carbonyl (C=O) groups is 1. The Balaban J connectivity index is 1.52. The Morgan fingerprint density at radius 2 is 2.13 bits per heavy atom. The number of hydrogen-bond donors (Lipinski definition) is 1. The second-order valence-electron chi connectivity index (χ2n) is 7.11. The van der Waals surface area contributed by atoms with Gasteiger partial charge in [0.15, 0.2) is 0 Å². The fourth-order valence-corrected chi connectivity index (χ4v) is 5.21. The average Bonchev–Trinajstić information content (AvgIpc) is 3.41. The molecule has 1 aliphatic rings. The van der Waals surface area contributed by atoms with Crippen LogP contribution < -0.4 is 4.74 Å². The van der Waals surface area contributed by atoms with Crippen LogP contribution in [-0.2, 0) is 4.79 Å². The van der Waals surface area contributed by atoms with Crippen LogP contribution in [0.4, 0.5) is 4.39 Å². The summed E-state index contributed by atoms with van der Waals surface area (Å²) in [5.41, 5.74) is 2.18. The van der Waals surface area contributed by atoms with E-state index >= 15 is 0 Å². The molecule has 4 rings (SSSR count). The van der Waals surface area contributed by atoms with Gasteiger partial charge >= 0.3 is 5.97 Å². The molecule has 0 bridgehead atoms. The minimum absolute atomic E-state index is 0.272. The van der Waals surface area contributed by atoms with Gasteiger partial charge in [-0.1, -0.05) is 23.9 Å². The van der Waals surface area contributed by atoms with Crippen LogP contribution in [0.1, 0.15) is 12.8 Å². The lowest BCUT2D eigenvalue weighted by atomic mass is 10.1. The molecule has 7 heteroatoms. The van der Waals surface area contributed by atoms with Gasteiger partial charge in [-0.05, 0) is 77.7 Å². The van der Waals surface area contributed by atoms with Crippen molar-refractivity contribution in [2.45, 2.75) is 28.7 Å². The molecule has 1 aliphatic heterocycles. The third-order valence-corrected chi connectivity index (χ3v) is 6.84. The van der Waals surface area contributed by atoms with E-state index < -0.39 is 12.0 Å². The zero-order chi connectivity index (χ0) is 20.9. The Labute approximate surface area is 183 Å². The molecular formula is C23H22FNO3S2. The number of aliphatic carboxylic acids is 1. The van der Waals surface area contributed by atoms with E-state index in [0.29, 0.717) is 19.6 Å². The van der Waals surface area contributed by atoms with E-state index in [1.54, 1.807) is 17.4 Å². The summed E-state index contributed by atoms with van der Waals surface area (Å²) in [6.07, 6.45) is 1.58. The number of carboxylic acid groups (broad SMARTS) is 1. The van der Waals surface area contributed by atoms with E-state index in [9.17, 15) is 14.3 Å². The lowest BCUT2D eigenvalue weighted by Gasteiger charge is -2.21. The molecule has 0 aliphatic carbocycles. The van der Waals surface area contributed by atoms with Crippen molar-refractivity contribution in [1.29, 1.82) is 0 Å². The van der Waals surface area contributed by atoms with Crippen LogP contribution in [0.15, 0.2) is 69.1 Å². The van der Waals surface area contributed by atoms with Crippen LogP contribution in [0.2, 0.25) is 0 Å². The molecule has 2 heterocycles. The lowest BCUT2D eigenvalue weighted by Crippen LogP contribution is -2.38. The maximum atomic E-state index is 13.6. The van der Waals surface area contributed by atoms with Gasteiger partial charge in [0.25, 0.3) is 0 Å². The van der Waals surface area contributed by atoms with Crippen molar-refractivity contribution >= 4 is 29.1 Å². The number of carboxylic acids is 1. The maximum Gasteiger partial charge on any atom is 0.320 e. The van der Waals surface area contributed by atoms with Gasteiger partial charge in [0.1, 0.15) is 24.2 Å². The van der Waals surface area contributed by atoms with E-state index in [1.807, 2.05) is 34.5 Å². The number of likely N-dealkylation sites (tertiary alicyclic amines) is 1. The molecule has 0 spiro atoms. The quantitative estimate of drug-likeness (QED) is 0.489. The molecule has 1 saturated heterocycles. The summed E-state index contributed by atoms with van der Waals surface area (Å²) in [5, 5.41) is 13.5. The largest absolute Gasteiger partial charge is 0.491 e. The van der Waals surface area contributed by atoms with Crippen molar-refractivity contribution < 1.29 is 19.0 Å². The zero-order valence-corrected chi connectivity index (χ0v) is 17.9. The number of hydrogen-bond acceptors (Lipinski definition) is 5. The molecule has 156 valence electrons. The third kappa shape index (κ3) is 5.03. The zero-order valence-electron chi connectivity index (χ0n) is 16.3. The van der Waals surface area contributed by atoms with Crippen molar-refractivity contribution in [1.82, 2.24) is 4.90 Å². The highest BCUT2D eigenvalue weighted by Gasteiger charge is 2.30. The monoisotopic (exact) mass is 443 g/mol. The van der Waals surface area contributed by atoms with Crippen LogP contribution in [0.3, 0.4) is 0 Å². The first-order chi connectivity index (χ1) is 14.6. The molecule has 0 unspecified atom stereocenters. The van der Waals surface area contributed by atoms with Crippen molar-refractivity contribution in [2.24, 2.45) is 0 Å². The van der Waals surface area contributed by atoms with E-state index in [1.165, 1.54) is 23.9 Å². The molecule has 3 aromatic rings. The minimum Gasteiger partial charge on any atom is -0.491 e. The van der Waals surface area contributed by atoms with Crippen molar-refractivity contribution in [3.05, 3.63) is 65.1 Å². The minimum atomic E-state index is -0.769. The van der Waals surface area contributed by atoms with Crippen molar-refractivity contribution in [2.75, 3.05) is 19.7 Å². The van der Waals surface area contributed by atoms with Crippen molar-refractivity contribution in [3.63, 3.8) is 0 Å². The number of ether oxygens (including phenoxy) is 1. The molecule has 4 nitrogen and oxygen atoms in total. The fraction of sp³-hybridized carbons (Fsp3) is 0.261. The summed E-state index contributed by atoms with van der Waals surface area (Å²) in [4.78, 5) is 15.1. The Morgan fingerprint density at radius 3 is 2.90 bits per heavy atom. The number of benzene rings is 2. The number of nitrogens with zero attached hydrogens (tertiary/aromatic N) is 1. The van der Waals surface area contributed by atoms with Gasteiger partial charge in [-0.15, -0.1) is 0 Å². The predicted molar refractivity (Wildman–Crippen MR) is 118 cm³/mol. The standard InChI is InChI=1S/C23H22FNO3S2/c24-18-3-1-4-19(14-18)30-22-7-6-16(17-8-12-29-15-17)13-21(22)28-11-10-25-9-2-5-20(25)23(26)27/h1,3-4,6-8,12-15,20H,2,5,9-11H2,(H,26,27)/t20-/m0/s1. The van der Waals surface area contributed by atoms with E-state index in [-0.39, 0.29) is 5.82 Å². The maximum absolute atomic E-state index is 13.6. The lowest BCUT2D eigenvalue weighted by molar-refractivity contribution is -0.142. The van der Waals surface area contributed by atoms with E-state index in [2.05, 4.69) is 11.4 Å². The topological polar surface area (TPSA) is 49.8 Å². The van der Waals surface area contributed by atoms with E-state index in [0.717, 1.165) is 39.6 Å². The van der Waals surface area contributed by atoms with Gasteiger partial charge in [-0.25, -0.2) is 4.39 Å². The van der Waals surface area contributed by atoms with Gasteiger partial charge in [0.05, 0.1) is 4.90 Å². The third-order valence-electron chi connectivity index (χ3n) is 5.11. The summed E-state index contributed by atoms with van der Waals surface area (Å²) in [5.74, 6) is -0.320. The first kappa shape index (κ1) is 20.9. The van der Waals surface area contributed by atoms with Gasteiger partial charge < -0.3 is 9.84 Å². The SMILES string of the molecule is O=C(O)[C@@H]1CCCN1CCOc1cc(-c2ccsc2)ccc1Sc1cccc(F)c1. The number of thiophene rings is 1. The predicted octanol–water partition coefficient (Wildman–Crippen LogP) is 5.63. The second-order valence-corrected chi connectivity index (χ2v) is 9.01. The molecule has 1 atom stereocenters. The summed E-state index contributed by atoms with van der Waals surface area (Å²) < 4.78 is 19.7. The molecular weight excluding hydrogens is 421 g/mol. The van der Waals surface area contributed by atoms with Crippen LogP contribution >= 0.6 is 23.1 Å². The number of halogens is 1. The number of rotatable bonds is 8. The molecule has 0 radical (unpaired) electrons. The fourth-order valence-electron chi connectivity index (χ4n) is 3.62. The molecule has 30 heavy (non-hydrogen) atoms. The van der Waals surface area contributed by atoms with Gasteiger partial charge in [-0.2, -0.15) is 11.3 Å². The summed E-state index contributed by atoms with van der Waals surface area (Å²) in [6.45, 7) is 1.73. The van der Waals surface area contributed by atoms with Crippen LogP contribution in [0, 0.1) is 5.82 Å². The highest BCUT2D eigenvalue weighted by molar-refractivity contribution is 7.99. The first-order valence-electron chi connectivity index (χ1n) is 9.80. The van der Waals surface area contributed by atoms with Crippen LogP contribution in [0.25, 0.3) is 11.1 Å². The Bertz CT molecular complexity index is 1010. The molecule has 2 aromatic carbocycles. The van der Waals surface area contributed by atoms with E-state index in [4.69, 9.17) is 4.74 Å². The summed E-state index contributed by atoms with van der Waals surface area (Å²) in [7, 11) is 0. The molecule has 1 fully saturated rings. The molecule has 0 amide bonds. The Kier molecular flexibility index (Phi) is 6.72. The Morgan fingerprint density at radius 1 is 1.23 bits per heavy atom. The smallest absolute Gasteiger partial charge is 0.320 e. The highest BCUT2D eigenvalue weighted by atomic mass is 32.2. The molecule has 1 aromatic heterocycles. The van der Waals surface area contributed by atoms with Crippen LogP contribution in [-0.4, -0.2) is 41.7 Å².